The van der Waals surface area contributed by atoms with Crippen LogP contribution >= 0.6 is 0 Å². The highest BCUT2D eigenvalue weighted by molar-refractivity contribution is 7.85. The van der Waals surface area contributed by atoms with Crippen LogP contribution in [-0.4, -0.2) is 4.21 Å². The lowest BCUT2D eigenvalue weighted by Gasteiger charge is -2.18. The predicted octanol–water partition coefficient (Wildman–Crippen LogP) is 12.7. The molecule has 0 aliphatic rings. The van der Waals surface area contributed by atoms with Crippen molar-refractivity contribution in [1.29, 1.82) is 0 Å². The van der Waals surface area contributed by atoms with Crippen LogP contribution in [0.4, 0.5) is 0 Å². The Balaban J connectivity index is 1.32. The van der Waals surface area contributed by atoms with Gasteiger partial charge in [0.05, 0.1) is 10.8 Å². The van der Waals surface area contributed by atoms with Gasteiger partial charge in [-0.15, -0.1) is 0 Å². The summed E-state index contributed by atoms with van der Waals surface area (Å²) in [5.41, 5.74) is 6.19. The highest BCUT2D eigenvalue weighted by Crippen LogP contribution is 2.49. The summed E-state index contributed by atoms with van der Waals surface area (Å²) in [6.07, 6.45) is 0. The van der Waals surface area contributed by atoms with E-state index >= 15 is 0 Å². The molecule has 0 radical (unpaired) electrons. The first-order valence-electron chi connectivity index (χ1n) is 16.5. The van der Waals surface area contributed by atoms with Crippen molar-refractivity contribution in [2.75, 3.05) is 0 Å². The summed E-state index contributed by atoms with van der Waals surface area (Å²) in [4.78, 5) is 1.58. The molecule has 0 amide bonds. The monoisotopic (exact) mass is 644 g/mol. The van der Waals surface area contributed by atoms with Crippen LogP contribution in [0.1, 0.15) is 0 Å². The smallest absolute Gasteiger partial charge is 0.143 e. The lowest BCUT2D eigenvalue weighted by molar-refractivity contribution is 0.670. The van der Waals surface area contributed by atoms with Crippen LogP contribution in [-0.2, 0) is 10.8 Å². The maximum absolute atomic E-state index is 13.7. The molecule has 1 heterocycles. The van der Waals surface area contributed by atoms with E-state index in [1.54, 1.807) is 0 Å². The van der Waals surface area contributed by atoms with Gasteiger partial charge in [0, 0.05) is 31.7 Å². The first-order chi connectivity index (χ1) is 24.2. The van der Waals surface area contributed by atoms with Crippen molar-refractivity contribution < 1.29 is 8.63 Å². The third-order valence-electron chi connectivity index (χ3n) is 9.85. The Bertz CT molecular complexity index is 2900. The molecule has 0 spiro atoms. The third-order valence-corrected chi connectivity index (χ3v) is 11.2. The SMILES string of the molecule is O=S(c1ccccc1)c1cccc(-c2c3ccccc3c(-c3cc4ccccc4c4c3oc3ccc5ccccc5c34)c3ccccc23)c1. The molecule has 1 unspecified atom stereocenters. The van der Waals surface area contributed by atoms with Crippen LogP contribution in [0.5, 0.6) is 0 Å². The van der Waals surface area contributed by atoms with E-state index in [4.69, 9.17) is 4.42 Å². The predicted molar refractivity (Wildman–Crippen MR) is 206 cm³/mol. The minimum atomic E-state index is -1.29. The molecule has 0 aliphatic carbocycles. The van der Waals surface area contributed by atoms with Gasteiger partial charge in [0.2, 0.25) is 0 Å². The first-order valence-corrected chi connectivity index (χ1v) is 17.7. The maximum Gasteiger partial charge on any atom is 0.143 e. The van der Waals surface area contributed by atoms with Gasteiger partial charge in [0.1, 0.15) is 11.2 Å². The molecule has 0 fully saturated rings. The van der Waals surface area contributed by atoms with E-state index in [9.17, 15) is 4.21 Å². The zero-order chi connectivity index (χ0) is 32.5. The molecule has 1 atom stereocenters. The second kappa shape index (κ2) is 11.0. The van der Waals surface area contributed by atoms with Crippen LogP contribution in [0.15, 0.2) is 184 Å². The van der Waals surface area contributed by atoms with Gasteiger partial charge in [-0.1, -0.05) is 133 Å². The summed E-state index contributed by atoms with van der Waals surface area (Å²) in [5.74, 6) is 0. The number of benzene rings is 9. The highest BCUT2D eigenvalue weighted by Gasteiger charge is 2.23. The number of furan rings is 1. The molecule has 9 aromatic carbocycles. The largest absolute Gasteiger partial charge is 0.455 e. The molecule has 1 aromatic heterocycles. The molecule has 0 saturated heterocycles. The molecule has 0 aliphatic heterocycles. The molecular formula is C46H28O2S. The van der Waals surface area contributed by atoms with E-state index in [2.05, 4.69) is 127 Å². The molecule has 0 bridgehead atoms. The Labute approximate surface area is 285 Å². The second-order valence-corrected chi connectivity index (χ2v) is 14.0. The number of fused-ring (bicyclic) bond motifs is 9. The van der Waals surface area contributed by atoms with Crippen LogP contribution in [0.25, 0.3) is 87.3 Å². The Morgan fingerprint density at radius 2 is 0.959 bits per heavy atom. The van der Waals surface area contributed by atoms with Crippen molar-refractivity contribution in [3.8, 4) is 22.3 Å². The van der Waals surface area contributed by atoms with Gasteiger partial charge in [-0.05, 0) is 90.6 Å². The van der Waals surface area contributed by atoms with Gasteiger partial charge in [0.15, 0.2) is 0 Å². The highest BCUT2D eigenvalue weighted by atomic mass is 32.2. The molecule has 2 nitrogen and oxygen atoms in total. The van der Waals surface area contributed by atoms with Gasteiger partial charge in [0.25, 0.3) is 0 Å². The molecule has 230 valence electrons. The van der Waals surface area contributed by atoms with E-state index in [1.807, 2.05) is 42.5 Å². The van der Waals surface area contributed by atoms with E-state index < -0.39 is 10.8 Å². The molecule has 3 heteroatoms. The van der Waals surface area contributed by atoms with Crippen molar-refractivity contribution in [2.45, 2.75) is 9.79 Å². The average molecular weight is 645 g/mol. The zero-order valence-electron chi connectivity index (χ0n) is 26.4. The van der Waals surface area contributed by atoms with Crippen molar-refractivity contribution >= 4 is 75.8 Å². The molecule has 10 aromatic rings. The zero-order valence-corrected chi connectivity index (χ0v) is 27.2. The van der Waals surface area contributed by atoms with Crippen molar-refractivity contribution in [1.82, 2.24) is 0 Å². The van der Waals surface area contributed by atoms with Crippen LogP contribution in [0, 0.1) is 0 Å². The summed E-state index contributed by atoms with van der Waals surface area (Å²) in [7, 11) is -1.29. The van der Waals surface area contributed by atoms with Gasteiger partial charge >= 0.3 is 0 Å². The lowest BCUT2D eigenvalue weighted by Crippen LogP contribution is -1.95. The Morgan fingerprint density at radius 3 is 1.65 bits per heavy atom. The minimum absolute atomic E-state index is 0.784. The molecular weight excluding hydrogens is 617 g/mol. The minimum Gasteiger partial charge on any atom is -0.455 e. The van der Waals surface area contributed by atoms with E-state index in [-0.39, 0.29) is 0 Å². The molecule has 0 saturated carbocycles. The second-order valence-electron chi connectivity index (χ2n) is 12.6. The quantitative estimate of drug-likeness (QED) is 0.178. The van der Waals surface area contributed by atoms with Gasteiger partial charge in [-0.3, -0.25) is 0 Å². The normalized spacial score (nSPS) is 12.5. The third kappa shape index (κ3) is 4.29. The van der Waals surface area contributed by atoms with Crippen LogP contribution < -0.4 is 0 Å². The van der Waals surface area contributed by atoms with Crippen molar-refractivity contribution in [2.24, 2.45) is 0 Å². The fourth-order valence-corrected chi connectivity index (χ4v) is 8.86. The average Bonchev–Trinajstić information content (AvgIpc) is 3.58. The van der Waals surface area contributed by atoms with Crippen molar-refractivity contribution in [3.05, 3.63) is 170 Å². The summed E-state index contributed by atoms with van der Waals surface area (Å²) in [6.45, 7) is 0. The topological polar surface area (TPSA) is 30.2 Å². The fraction of sp³-hybridized carbons (Fsp3) is 0. The standard InChI is InChI=1S/C46H28O2S/c47-49(32-16-2-1-3-17-32)33-18-12-15-31(27-33)42-36-21-8-10-23-38(36)43(39-24-11-9-22-37(39)42)40-28-30-14-5-7-20-35(30)45-44-34-19-6-4-13-29(34)25-26-41(44)48-46(40)45/h1-28H. The van der Waals surface area contributed by atoms with Gasteiger partial charge in [-0.2, -0.15) is 0 Å². The van der Waals surface area contributed by atoms with Gasteiger partial charge in [-0.25, -0.2) is 4.21 Å². The van der Waals surface area contributed by atoms with E-state index in [1.165, 1.54) is 21.5 Å². The summed E-state index contributed by atoms with van der Waals surface area (Å²) in [6, 6.07) is 59.0. The number of rotatable bonds is 4. The molecule has 49 heavy (non-hydrogen) atoms. The van der Waals surface area contributed by atoms with Crippen LogP contribution in [0.3, 0.4) is 0 Å². The van der Waals surface area contributed by atoms with E-state index in [0.29, 0.717) is 0 Å². The fourth-order valence-electron chi connectivity index (χ4n) is 7.75. The molecule has 0 N–H and O–H groups in total. The lowest BCUT2D eigenvalue weighted by atomic mass is 9.85. The van der Waals surface area contributed by atoms with Crippen molar-refractivity contribution in [3.63, 3.8) is 0 Å². The van der Waals surface area contributed by atoms with E-state index in [0.717, 1.165) is 75.5 Å². The molecule has 10 rings (SSSR count). The summed E-state index contributed by atoms with van der Waals surface area (Å²) >= 11 is 0. The van der Waals surface area contributed by atoms with Crippen LogP contribution in [0.2, 0.25) is 0 Å². The Hall–Kier alpha value is -6.03. The summed E-state index contributed by atoms with van der Waals surface area (Å²) < 4.78 is 20.6. The number of hydrogen-bond acceptors (Lipinski definition) is 2. The Kier molecular flexibility index (Phi) is 6.30. The first kappa shape index (κ1) is 28.0. The maximum atomic E-state index is 13.7. The Morgan fingerprint density at radius 1 is 0.408 bits per heavy atom. The summed E-state index contributed by atoms with van der Waals surface area (Å²) in [5, 5.41) is 11.6. The van der Waals surface area contributed by atoms with Gasteiger partial charge < -0.3 is 4.42 Å². The number of hydrogen-bond donors (Lipinski definition) is 0.